The van der Waals surface area contributed by atoms with E-state index in [2.05, 4.69) is 4.90 Å². The first-order valence-electron chi connectivity index (χ1n) is 7.91. The van der Waals surface area contributed by atoms with E-state index in [9.17, 15) is 0 Å². The summed E-state index contributed by atoms with van der Waals surface area (Å²) in [7, 11) is -3.42. The Morgan fingerprint density at radius 2 is 1.15 bits per heavy atom. The molecular weight excluding hydrogens is 277 g/mol. The maximum absolute atomic E-state index is 6.28. The molecule has 1 spiro atoms. The molecule has 20 heavy (non-hydrogen) atoms. The molecule has 3 aliphatic rings. The molecule has 0 aliphatic carbocycles. The summed E-state index contributed by atoms with van der Waals surface area (Å²) in [5, 5.41) is 0. The van der Waals surface area contributed by atoms with Gasteiger partial charge in [0, 0.05) is 0 Å². The van der Waals surface area contributed by atoms with Crippen molar-refractivity contribution in [2.24, 2.45) is 0 Å². The Balaban J connectivity index is 1.85. The van der Waals surface area contributed by atoms with E-state index >= 15 is 0 Å². The van der Waals surface area contributed by atoms with Crippen LogP contribution in [0.5, 0.6) is 0 Å². The fourth-order valence-corrected chi connectivity index (χ4v) is 8.09. The SMILES string of the molecule is C[C@@H]1OP2(CN3CCCCC3)(O[C@@H]1C)O[C@H](C)[C@@H](C)O2. The molecule has 0 bridgehead atoms. The standard InChI is InChI=1S/C14H28NO4P/c1-11-12(2)17-20(16-11,18-13(3)14(4)19-20)10-15-8-6-5-7-9-15/h11-14H,5-10H2,1-4H3/t11-,12-,13-,14+/m1/s1. The molecule has 0 N–H and O–H groups in total. The third-order valence-electron chi connectivity index (χ3n) is 4.68. The fraction of sp³-hybridized carbons (Fsp3) is 1.00. The van der Waals surface area contributed by atoms with Crippen LogP contribution in [0.3, 0.4) is 0 Å². The van der Waals surface area contributed by atoms with E-state index in [0.717, 1.165) is 13.1 Å². The van der Waals surface area contributed by atoms with E-state index in [0.29, 0.717) is 6.29 Å². The summed E-state index contributed by atoms with van der Waals surface area (Å²) >= 11 is 0. The van der Waals surface area contributed by atoms with Crippen molar-refractivity contribution in [3.63, 3.8) is 0 Å². The van der Waals surface area contributed by atoms with Gasteiger partial charge in [-0.2, -0.15) is 0 Å². The molecule has 3 heterocycles. The summed E-state index contributed by atoms with van der Waals surface area (Å²) in [6.07, 6.45) is 4.55. The van der Waals surface area contributed by atoms with E-state index in [1.165, 1.54) is 19.3 Å². The van der Waals surface area contributed by atoms with Crippen molar-refractivity contribution in [3.05, 3.63) is 0 Å². The van der Waals surface area contributed by atoms with Gasteiger partial charge in [-0.3, -0.25) is 0 Å². The summed E-state index contributed by atoms with van der Waals surface area (Å²) < 4.78 is 25.1. The second kappa shape index (κ2) is 5.15. The zero-order valence-electron chi connectivity index (χ0n) is 13.1. The van der Waals surface area contributed by atoms with Crippen LogP contribution < -0.4 is 0 Å². The Morgan fingerprint density at radius 1 is 0.750 bits per heavy atom. The average molecular weight is 305 g/mol. The van der Waals surface area contributed by atoms with Crippen LogP contribution in [0.15, 0.2) is 0 Å². The minimum absolute atomic E-state index is 0.0231. The van der Waals surface area contributed by atoms with Gasteiger partial charge in [0.15, 0.2) is 0 Å². The van der Waals surface area contributed by atoms with E-state index in [1.807, 2.05) is 27.7 Å². The van der Waals surface area contributed by atoms with E-state index in [-0.39, 0.29) is 24.4 Å². The molecule has 4 atom stereocenters. The molecule has 5 nitrogen and oxygen atoms in total. The third-order valence-corrected chi connectivity index (χ3v) is 8.50. The monoisotopic (exact) mass is 305 g/mol. The molecule has 118 valence electrons. The molecule has 0 unspecified atom stereocenters. The Bertz CT molecular complexity index is 323. The van der Waals surface area contributed by atoms with Gasteiger partial charge in [-0.1, -0.05) is 0 Å². The number of likely N-dealkylation sites (tertiary alicyclic amines) is 1. The molecule has 3 saturated heterocycles. The summed E-state index contributed by atoms with van der Waals surface area (Å²) in [6.45, 7) is 10.3. The summed E-state index contributed by atoms with van der Waals surface area (Å²) in [4.78, 5) is 2.40. The number of nitrogens with zero attached hydrogens (tertiary/aromatic N) is 1. The number of hydrogen-bond acceptors (Lipinski definition) is 5. The molecule has 0 radical (unpaired) electrons. The van der Waals surface area contributed by atoms with Gasteiger partial charge >= 0.3 is 121 Å². The van der Waals surface area contributed by atoms with E-state index in [4.69, 9.17) is 18.1 Å². The van der Waals surface area contributed by atoms with Gasteiger partial charge in [0.05, 0.1) is 0 Å². The van der Waals surface area contributed by atoms with Gasteiger partial charge in [0.1, 0.15) is 0 Å². The van der Waals surface area contributed by atoms with Gasteiger partial charge in [-0.15, -0.1) is 0 Å². The van der Waals surface area contributed by atoms with Crippen LogP contribution in [-0.2, 0) is 18.1 Å². The second-order valence-corrected chi connectivity index (χ2v) is 9.58. The van der Waals surface area contributed by atoms with Crippen molar-refractivity contribution in [2.45, 2.75) is 71.4 Å². The number of piperidine rings is 1. The first-order valence-corrected chi connectivity index (χ1v) is 10.0. The second-order valence-electron chi connectivity index (χ2n) is 6.53. The zero-order valence-corrected chi connectivity index (χ0v) is 14.0. The quantitative estimate of drug-likeness (QED) is 0.732. The third kappa shape index (κ3) is 2.53. The van der Waals surface area contributed by atoms with Crippen LogP contribution in [0.25, 0.3) is 0 Å². The van der Waals surface area contributed by atoms with Gasteiger partial charge in [-0.05, 0) is 0 Å². The van der Waals surface area contributed by atoms with Crippen molar-refractivity contribution in [3.8, 4) is 0 Å². The Labute approximate surface area is 122 Å². The van der Waals surface area contributed by atoms with Crippen LogP contribution in [0.1, 0.15) is 47.0 Å². The predicted octanol–water partition coefficient (Wildman–Crippen LogP) is 3.29. The van der Waals surface area contributed by atoms with Crippen molar-refractivity contribution in [1.82, 2.24) is 4.90 Å². The molecule has 0 aromatic heterocycles. The first-order chi connectivity index (χ1) is 9.41. The molecule has 0 saturated carbocycles. The van der Waals surface area contributed by atoms with E-state index < -0.39 is 7.51 Å². The van der Waals surface area contributed by atoms with Crippen molar-refractivity contribution >= 4 is 7.51 Å². The van der Waals surface area contributed by atoms with E-state index in [1.54, 1.807) is 0 Å². The average Bonchev–Trinajstić information content (AvgIpc) is 2.75. The molecule has 3 aliphatic heterocycles. The van der Waals surface area contributed by atoms with Crippen molar-refractivity contribution in [1.29, 1.82) is 0 Å². The Hall–Kier alpha value is 0.230. The molecule has 0 amide bonds. The topological polar surface area (TPSA) is 40.2 Å². The molecule has 3 rings (SSSR count). The minimum atomic E-state index is -3.42. The first kappa shape index (κ1) is 15.1. The predicted molar refractivity (Wildman–Crippen MR) is 79.4 cm³/mol. The molecule has 0 aromatic carbocycles. The molecule has 3 fully saturated rings. The maximum atomic E-state index is 6.28. The van der Waals surface area contributed by atoms with Crippen molar-refractivity contribution < 1.29 is 18.1 Å². The normalized spacial score (nSPS) is 46.3. The van der Waals surface area contributed by atoms with Gasteiger partial charge in [-0.25, -0.2) is 0 Å². The van der Waals surface area contributed by atoms with Crippen LogP contribution in [0.4, 0.5) is 0 Å². The van der Waals surface area contributed by atoms with Crippen molar-refractivity contribution in [2.75, 3.05) is 19.4 Å². The summed E-state index contributed by atoms with van der Waals surface area (Å²) in [5.41, 5.74) is 0. The van der Waals surface area contributed by atoms with Gasteiger partial charge in [0.2, 0.25) is 0 Å². The molecule has 6 heteroatoms. The van der Waals surface area contributed by atoms with Crippen LogP contribution in [0, 0.1) is 0 Å². The summed E-state index contributed by atoms with van der Waals surface area (Å²) in [6, 6.07) is 0. The Morgan fingerprint density at radius 3 is 1.55 bits per heavy atom. The number of rotatable bonds is 2. The zero-order chi connectivity index (χ0) is 14.4. The van der Waals surface area contributed by atoms with Crippen LogP contribution in [0.2, 0.25) is 0 Å². The van der Waals surface area contributed by atoms with Crippen LogP contribution in [-0.4, -0.2) is 48.7 Å². The summed E-state index contributed by atoms with van der Waals surface area (Å²) in [5.74, 6) is 0. The number of hydrogen-bond donors (Lipinski definition) is 0. The molecular formula is C14H28NO4P. The Kier molecular flexibility index (Phi) is 3.90. The van der Waals surface area contributed by atoms with Crippen LogP contribution >= 0.6 is 7.51 Å². The van der Waals surface area contributed by atoms with Gasteiger partial charge in [0.25, 0.3) is 0 Å². The fourth-order valence-electron chi connectivity index (χ4n) is 3.34. The van der Waals surface area contributed by atoms with Gasteiger partial charge < -0.3 is 0 Å². The molecule has 0 aromatic rings.